The molecule has 16 heavy (non-hydrogen) atoms. The summed E-state index contributed by atoms with van der Waals surface area (Å²) in [4.78, 5) is 22.2. The van der Waals surface area contributed by atoms with Crippen molar-refractivity contribution in [2.75, 3.05) is 7.11 Å². The van der Waals surface area contributed by atoms with Crippen molar-refractivity contribution in [3.63, 3.8) is 0 Å². The number of halogens is 1. The van der Waals surface area contributed by atoms with Gasteiger partial charge >= 0.3 is 5.97 Å². The van der Waals surface area contributed by atoms with Crippen molar-refractivity contribution in [3.8, 4) is 0 Å². The summed E-state index contributed by atoms with van der Waals surface area (Å²) in [6.45, 7) is 0. The third kappa shape index (κ3) is 3.72. The van der Waals surface area contributed by atoms with Gasteiger partial charge in [0.05, 0.1) is 10.6 Å². The quantitative estimate of drug-likeness (QED) is 0.806. The number of methoxy groups -OCH3 is 1. The Hall–Kier alpha value is -0.680. The van der Waals surface area contributed by atoms with Crippen LogP contribution in [0.3, 0.4) is 0 Å². The van der Waals surface area contributed by atoms with Gasteiger partial charge in [-0.05, 0) is 41.6 Å². The van der Waals surface area contributed by atoms with E-state index in [2.05, 4.69) is 15.9 Å². The number of carboxylic acid groups (broad SMARTS) is 1. The fraction of sp³-hybridized carbons (Fsp3) is 0.636. The molecule has 1 rings (SSSR count). The van der Waals surface area contributed by atoms with Crippen LogP contribution in [0.15, 0.2) is 10.6 Å². The van der Waals surface area contributed by atoms with Crippen LogP contribution in [-0.4, -0.2) is 30.1 Å². The molecule has 0 spiro atoms. The molecule has 4 nitrogen and oxygen atoms in total. The van der Waals surface area contributed by atoms with Crippen LogP contribution >= 0.6 is 15.9 Å². The molecular weight excluding hydrogens is 276 g/mol. The second kappa shape index (κ2) is 6.15. The fourth-order valence-corrected chi connectivity index (χ4v) is 2.45. The monoisotopic (exact) mass is 290 g/mol. The van der Waals surface area contributed by atoms with Crippen LogP contribution in [0.2, 0.25) is 0 Å². The Bertz CT molecular complexity index is 303. The topological polar surface area (TPSA) is 63.6 Å². The maximum atomic E-state index is 11.8. The van der Waals surface area contributed by atoms with Crippen LogP contribution < -0.4 is 0 Å². The SMILES string of the molecule is COC1CCC(C(=O)/C(Br)=C/C(=O)O)CC1. The van der Waals surface area contributed by atoms with Gasteiger partial charge in [0.15, 0.2) is 5.78 Å². The van der Waals surface area contributed by atoms with Gasteiger partial charge in [-0.25, -0.2) is 4.79 Å². The Morgan fingerprint density at radius 3 is 2.31 bits per heavy atom. The van der Waals surface area contributed by atoms with Crippen molar-refractivity contribution in [2.24, 2.45) is 5.92 Å². The highest BCUT2D eigenvalue weighted by atomic mass is 79.9. The normalized spacial score (nSPS) is 26.5. The molecule has 0 aromatic carbocycles. The fourth-order valence-electron chi connectivity index (χ4n) is 1.94. The van der Waals surface area contributed by atoms with E-state index >= 15 is 0 Å². The molecule has 1 aliphatic carbocycles. The van der Waals surface area contributed by atoms with Crippen molar-refractivity contribution < 1.29 is 19.4 Å². The first-order valence-electron chi connectivity index (χ1n) is 5.21. The second-order valence-electron chi connectivity index (χ2n) is 3.90. The first kappa shape index (κ1) is 13.4. The number of carbonyl (C=O) groups is 2. The number of hydrogen-bond donors (Lipinski definition) is 1. The minimum absolute atomic E-state index is 0.0728. The lowest BCUT2D eigenvalue weighted by atomic mass is 9.84. The zero-order chi connectivity index (χ0) is 12.1. The molecule has 5 heteroatoms. The van der Waals surface area contributed by atoms with Gasteiger partial charge in [0, 0.05) is 19.1 Å². The van der Waals surface area contributed by atoms with Crippen LogP contribution in [0.1, 0.15) is 25.7 Å². The number of carbonyl (C=O) groups excluding carboxylic acids is 1. The standard InChI is InChI=1S/C11H15BrO4/c1-16-8-4-2-7(3-5-8)11(15)9(12)6-10(13)14/h6-8H,2-5H2,1H3,(H,13,14)/b9-6-. The smallest absolute Gasteiger partial charge is 0.329 e. The Morgan fingerprint density at radius 1 is 1.31 bits per heavy atom. The van der Waals surface area contributed by atoms with Crippen LogP contribution in [0.5, 0.6) is 0 Å². The summed E-state index contributed by atoms with van der Waals surface area (Å²) in [5.41, 5.74) is 0. The molecule has 0 heterocycles. The first-order valence-corrected chi connectivity index (χ1v) is 6.01. The van der Waals surface area contributed by atoms with Gasteiger partial charge in [0.25, 0.3) is 0 Å². The van der Waals surface area contributed by atoms with Gasteiger partial charge in [0.1, 0.15) is 0 Å². The van der Waals surface area contributed by atoms with Crippen molar-refractivity contribution in [2.45, 2.75) is 31.8 Å². The average Bonchev–Trinajstić information content (AvgIpc) is 2.27. The van der Waals surface area contributed by atoms with E-state index in [0.29, 0.717) is 0 Å². The Morgan fingerprint density at radius 2 is 1.88 bits per heavy atom. The molecule has 90 valence electrons. The van der Waals surface area contributed by atoms with E-state index in [1.165, 1.54) is 0 Å². The predicted octanol–water partition coefficient (Wildman–Crippen LogP) is 2.12. The van der Waals surface area contributed by atoms with Crippen molar-refractivity contribution in [1.82, 2.24) is 0 Å². The summed E-state index contributed by atoms with van der Waals surface area (Å²) in [5.74, 6) is -1.29. The number of aliphatic carboxylic acids is 1. The number of hydrogen-bond acceptors (Lipinski definition) is 3. The molecule has 1 aliphatic rings. The Balaban J connectivity index is 2.53. The second-order valence-corrected chi connectivity index (χ2v) is 4.76. The molecule has 0 atom stereocenters. The van der Waals surface area contributed by atoms with E-state index in [0.717, 1.165) is 31.8 Å². The number of ether oxygens (including phenoxy) is 1. The molecular formula is C11H15BrO4. The number of ketones is 1. The summed E-state index contributed by atoms with van der Waals surface area (Å²) in [7, 11) is 1.67. The molecule has 0 radical (unpaired) electrons. The molecule has 0 aliphatic heterocycles. The summed E-state index contributed by atoms with van der Waals surface area (Å²) in [6.07, 6.45) is 4.40. The van der Waals surface area contributed by atoms with Gasteiger partial charge in [0.2, 0.25) is 0 Å². The summed E-state index contributed by atoms with van der Waals surface area (Å²) in [5, 5.41) is 8.53. The maximum Gasteiger partial charge on any atom is 0.329 e. The lowest BCUT2D eigenvalue weighted by Gasteiger charge is -2.26. The van der Waals surface area contributed by atoms with Crippen molar-refractivity contribution in [1.29, 1.82) is 0 Å². The lowest BCUT2D eigenvalue weighted by molar-refractivity contribution is -0.132. The highest BCUT2D eigenvalue weighted by molar-refractivity contribution is 9.12. The lowest BCUT2D eigenvalue weighted by Crippen LogP contribution is -2.25. The molecule has 0 aromatic rings. The minimum Gasteiger partial charge on any atom is -0.478 e. The van der Waals surface area contributed by atoms with E-state index in [4.69, 9.17) is 9.84 Å². The highest BCUT2D eigenvalue weighted by Gasteiger charge is 2.27. The molecule has 0 saturated heterocycles. The first-order chi connectivity index (χ1) is 7.54. The molecule has 1 fully saturated rings. The van der Waals surface area contributed by atoms with Crippen LogP contribution in [-0.2, 0) is 14.3 Å². The molecule has 1 saturated carbocycles. The number of carboxylic acids is 1. The van der Waals surface area contributed by atoms with Crippen molar-refractivity contribution >= 4 is 27.7 Å². The number of allylic oxidation sites excluding steroid dienone is 1. The molecule has 0 unspecified atom stereocenters. The Labute approximate surface area is 103 Å². The van der Waals surface area contributed by atoms with Gasteiger partial charge in [-0.1, -0.05) is 0 Å². The molecule has 0 amide bonds. The number of rotatable bonds is 4. The largest absolute Gasteiger partial charge is 0.478 e. The highest BCUT2D eigenvalue weighted by Crippen LogP contribution is 2.29. The molecule has 1 N–H and O–H groups in total. The zero-order valence-corrected chi connectivity index (χ0v) is 10.7. The van der Waals surface area contributed by atoms with Gasteiger partial charge in [-0.3, -0.25) is 4.79 Å². The van der Waals surface area contributed by atoms with E-state index < -0.39 is 5.97 Å². The van der Waals surface area contributed by atoms with E-state index in [9.17, 15) is 9.59 Å². The predicted molar refractivity (Wildman–Crippen MR) is 62.4 cm³/mol. The van der Waals surface area contributed by atoms with E-state index in [-0.39, 0.29) is 22.3 Å². The third-order valence-corrected chi connectivity index (χ3v) is 3.48. The summed E-state index contributed by atoms with van der Waals surface area (Å²) in [6, 6.07) is 0. The van der Waals surface area contributed by atoms with Gasteiger partial charge in [-0.2, -0.15) is 0 Å². The van der Waals surface area contributed by atoms with Crippen LogP contribution in [0.25, 0.3) is 0 Å². The van der Waals surface area contributed by atoms with Crippen LogP contribution in [0.4, 0.5) is 0 Å². The van der Waals surface area contributed by atoms with Crippen molar-refractivity contribution in [3.05, 3.63) is 10.6 Å². The summed E-state index contributed by atoms with van der Waals surface area (Å²) >= 11 is 3.01. The zero-order valence-electron chi connectivity index (χ0n) is 9.11. The van der Waals surface area contributed by atoms with Gasteiger partial charge in [-0.15, -0.1) is 0 Å². The maximum absolute atomic E-state index is 11.8. The number of Topliss-reactive ketones (excluding diaryl/α,β-unsaturated/α-hetero) is 1. The summed E-state index contributed by atoms with van der Waals surface area (Å²) < 4.78 is 5.37. The minimum atomic E-state index is -1.11. The third-order valence-electron chi connectivity index (χ3n) is 2.86. The van der Waals surface area contributed by atoms with E-state index in [1.807, 2.05) is 0 Å². The Kier molecular flexibility index (Phi) is 5.15. The van der Waals surface area contributed by atoms with E-state index in [1.54, 1.807) is 7.11 Å². The average molecular weight is 291 g/mol. The van der Waals surface area contributed by atoms with Crippen LogP contribution in [0, 0.1) is 5.92 Å². The molecule has 0 bridgehead atoms. The molecule has 0 aromatic heterocycles. The van der Waals surface area contributed by atoms with Gasteiger partial charge < -0.3 is 9.84 Å².